The van der Waals surface area contributed by atoms with E-state index in [9.17, 15) is 9.59 Å². The van der Waals surface area contributed by atoms with Crippen LogP contribution >= 0.6 is 0 Å². The summed E-state index contributed by atoms with van der Waals surface area (Å²) < 4.78 is 0. The number of nitrogens with zero attached hydrogens (tertiary/aromatic N) is 2. The van der Waals surface area contributed by atoms with Crippen LogP contribution in [0.15, 0.2) is 67.1 Å². The Bertz CT molecular complexity index is 909. The van der Waals surface area contributed by atoms with E-state index in [0.717, 1.165) is 11.1 Å². The van der Waals surface area contributed by atoms with Crippen molar-refractivity contribution in [2.45, 2.75) is 13.5 Å². The summed E-state index contributed by atoms with van der Waals surface area (Å²) in [7, 11) is 0. The van der Waals surface area contributed by atoms with E-state index in [0.29, 0.717) is 17.8 Å². The zero-order valence-electron chi connectivity index (χ0n) is 14.3. The molecule has 26 heavy (non-hydrogen) atoms. The fourth-order valence-corrected chi connectivity index (χ4v) is 2.31. The highest BCUT2D eigenvalue weighted by Gasteiger charge is 2.12. The number of carbonyl (C=O) groups is 2. The molecule has 130 valence electrons. The van der Waals surface area contributed by atoms with Crippen molar-refractivity contribution >= 4 is 17.5 Å². The average molecular weight is 346 g/mol. The van der Waals surface area contributed by atoms with Gasteiger partial charge in [-0.3, -0.25) is 19.6 Å². The number of amides is 2. The number of pyridine rings is 2. The minimum absolute atomic E-state index is 0.190. The predicted molar refractivity (Wildman–Crippen MR) is 98.8 cm³/mol. The molecule has 0 unspecified atom stereocenters. The molecule has 0 fully saturated rings. The number of aromatic nitrogens is 2. The van der Waals surface area contributed by atoms with Crippen LogP contribution in [0.2, 0.25) is 0 Å². The maximum Gasteiger partial charge on any atom is 0.270 e. The molecular weight excluding hydrogens is 328 g/mol. The third-order valence-corrected chi connectivity index (χ3v) is 3.77. The number of carbonyl (C=O) groups excluding carboxylic acids is 2. The van der Waals surface area contributed by atoms with Gasteiger partial charge in [0, 0.05) is 36.4 Å². The molecule has 2 amide bonds. The van der Waals surface area contributed by atoms with Crippen LogP contribution in [-0.4, -0.2) is 21.8 Å². The third kappa shape index (κ3) is 4.51. The lowest BCUT2D eigenvalue weighted by Crippen LogP contribution is -2.24. The maximum absolute atomic E-state index is 12.4. The van der Waals surface area contributed by atoms with Crippen molar-refractivity contribution in [3.63, 3.8) is 0 Å². The van der Waals surface area contributed by atoms with E-state index < -0.39 is 0 Å². The molecule has 1 aromatic carbocycles. The zero-order valence-corrected chi connectivity index (χ0v) is 14.3. The summed E-state index contributed by atoms with van der Waals surface area (Å²) in [6.07, 6.45) is 4.77. The first-order valence-corrected chi connectivity index (χ1v) is 8.13. The summed E-state index contributed by atoms with van der Waals surface area (Å²) in [5.74, 6) is -0.633. The number of hydrogen-bond acceptors (Lipinski definition) is 4. The summed E-state index contributed by atoms with van der Waals surface area (Å²) >= 11 is 0. The highest BCUT2D eigenvalue weighted by atomic mass is 16.2. The van der Waals surface area contributed by atoms with Crippen LogP contribution in [0, 0.1) is 6.92 Å². The maximum atomic E-state index is 12.4. The molecule has 0 saturated heterocycles. The standard InChI is InChI=1S/C20H18N4O2/c1-14-2-4-17(5-3-14)24-19(25)16-8-11-22-18(12-16)20(26)23-13-15-6-9-21-10-7-15/h2-12H,13H2,1H3,(H,23,26)(H,24,25). The number of benzene rings is 1. The summed E-state index contributed by atoms with van der Waals surface area (Å²) in [6, 6.07) is 14.2. The van der Waals surface area contributed by atoms with Gasteiger partial charge in [-0.1, -0.05) is 17.7 Å². The molecule has 3 aromatic rings. The second-order valence-corrected chi connectivity index (χ2v) is 5.79. The molecule has 0 aliphatic heterocycles. The normalized spacial score (nSPS) is 10.2. The smallest absolute Gasteiger partial charge is 0.270 e. The minimum Gasteiger partial charge on any atom is -0.347 e. The fourth-order valence-electron chi connectivity index (χ4n) is 2.31. The number of aryl methyl sites for hydroxylation is 1. The number of anilines is 1. The molecule has 0 radical (unpaired) electrons. The van der Waals surface area contributed by atoms with Crippen molar-refractivity contribution in [1.29, 1.82) is 0 Å². The van der Waals surface area contributed by atoms with Crippen LogP contribution in [0.3, 0.4) is 0 Å². The zero-order chi connectivity index (χ0) is 18.4. The molecule has 0 atom stereocenters. The molecule has 0 bridgehead atoms. The van der Waals surface area contributed by atoms with Crippen molar-refractivity contribution in [3.05, 3.63) is 89.5 Å². The second-order valence-electron chi connectivity index (χ2n) is 5.79. The van der Waals surface area contributed by atoms with Gasteiger partial charge in [-0.2, -0.15) is 0 Å². The van der Waals surface area contributed by atoms with Crippen LogP contribution in [-0.2, 0) is 6.54 Å². The first-order valence-electron chi connectivity index (χ1n) is 8.13. The van der Waals surface area contributed by atoms with E-state index in [-0.39, 0.29) is 17.5 Å². The Balaban J connectivity index is 1.66. The molecule has 0 spiro atoms. The second kappa shape index (κ2) is 8.02. The van der Waals surface area contributed by atoms with Gasteiger partial charge in [-0.05, 0) is 48.9 Å². The topological polar surface area (TPSA) is 84.0 Å². The monoisotopic (exact) mass is 346 g/mol. The minimum atomic E-state index is -0.341. The van der Waals surface area contributed by atoms with Crippen LogP contribution in [0.5, 0.6) is 0 Å². The Morgan fingerprint density at radius 1 is 0.923 bits per heavy atom. The van der Waals surface area contributed by atoms with E-state index in [2.05, 4.69) is 20.6 Å². The number of rotatable bonds is 5. The summed E-state index contributed by atoms with van der Waals surface area (Å²) in [5, 5.41) is 5.58. The van der Waals surface area contributed by atoms with Gasteiger partial charge < -0.3 is 10.6 Å². The Labute approximate surface area is 151 Å². The van der Waals surface area contributed by atoms with Crippen molar-refractivity contribution in [1.82, 2.24) is 15.3 Å². The molecular formula is C20H18N4O2. The van der Waals surface area contributed by atoms with Gasteiger partial charge in [0.1, 0.15) is 5.69 Å². The lowest BCUT2D eigenvalue weighted by molar-refractivity contribution is 0.0946. The Morgan fingerprint density at radius 3 is 2.38 bits per heavy atom. The Morgan fingerprint density at radius 2 is 1.65 bits per heavy atom. The predicted octanol–water partition coefficient (Wildman–Crippen LogP) is 2.97. The first kappa shape index (κ1) is 17.3. The number of nitrogens with one attached hydrogen (secondary N) is 2. The molecule has 0 saturated carbocycles. The van der Waals surface area contributed by atoms with E-state index in [1.54, 1.807) is 18.5 Å². The molecule has 6 nitrogen and oxygen atoms in total. The van der Waals surface area contributed by atoms with Crippen LogP contribution in [0.1, 0.15) is 32.0 Å². The lowest BCUT2D eigenvalue weighted by Gasteiger charge is -2.08. The van der Waals surface area contributed by atoms with Crippen molar-refractivity contribution in [2.75, 3.05) is 5.32 Å². The number of hydrogen-bond donors (Lipinski definition) is 2. The molecule has 3 rings (SSSR count). The van der Waals surface area contributed by atoms with Crippen LogP contribution in [0.4, 0.5) is 5.69 Å². The van der Waals surface area contributed by atoms with Gasteiger partial charge in [-0.25, -0.2) is 0 Å². The van der Waals surface area contributed by atoms with Gasteiger partial charge in [0.05, 0.1) is 0 Å². The quantitative estimate of drug-likeness (QED) is 0.744. The van der Waals surface area contributed by atoms with Crippen molar-refractivity contribution in [2.24, 2.45) is 0 Å². The van der Waals surface area contributed by atoms with Crippen LogP contribution < -0.4 is 10.6 Å². The van der Waals surface area contributed by atoms with E-state index in [1.807, 2.05) is 43.3 Å². The van der Waals surface area contributed by atoms with Gasteiger partial charge in [0.25, 0.3) is 11.8 Å². The molecule has 6 heteroatoms. The van der Waals surface area contributed by atoms with Gasteiger partial charge in [-0.15, -0.1) is 0 Å². The fraction of sp³-hybridized carbons (Fsp3) is 0.100. The largest absolute Gasteiger partial charge is 0.347 e. The average Bonchev–Trinajstić information content (AvgIpc) is 2.69. The van der Waals surface area contributed by atoms with Crippen molar-refractivity contribution in [3.8, 4) is 0 Å². The van der Waals surface area contributed by atoms with Gasteiger partial charge in [0.15, 0.2) is 0 Å². The molecule has 0 aliphatic rings. The van der Waals surface area contributed by atoms with E-state index in [1.165, 1.54) is 12.3 Å². The summed E-state index contributed by atoms with van der Waals surface area (Å²) in [4.78, 5) is 32.6. The Hall–Kier alpha value is -3.54. The third-order valence-electron chi connectivity index (χ3n) is 3.77. The van der Waals surface area contributed by atoms with Crippen molar-refractivity contribution < 1.29 is 9.59 Å². The molecule has 2 aromatic heterocycles. The summed E-state index contributed by atoms with van der Waals surface area (Å²) in [6.45, 7) is 2.34. The van der Waals surface area contributed by atoms with Crippen LogP contribution in [0.25, 0.3) is 0 Å². The lowest BCUT2D eigenvalue weighted by atomic mass is 10.2. The molecule has 0 aliphatic carbocycles. The van der Waals surface area contributed by atoms with E-state index >= 15 is 0 Å². The molecule has 2 N–H and O–H groups in total. The van der Waals surface area contributed by atoms with Gasteiger partial charge >= 0.3 is 0 Å². The SMILES string of the molecule is Cc1ccc(NC(=O)c2ccnc(C(=O)NCc3ccncc3)c2)cc1. The van der Waals surface area contributed by atoms with Gasteiger partial charge in [0.2, 0.25) is 0 Å². The van der Waals surface area contributed by atoms with E-state index in [4.69, 9.17) is 0 Å². The Kier molecular flexibility index (Phi) is 5.34. The first-order chi connectivity index (χ1) is 12.6. The summed E-state index contributed by atoms with van der Waals surface area (Å²) in [5.41, 5.74) is 3.30. The highest BCUT2D eigenvalue weighted by Crippen LogP contribution is 2.11. The highest BCUT2D eigenvalue weighted by molar-refractivity contribution is 6.05. The molecule has 2 heterocycles.